The molecule has 1 aliphatic rings. The SMILES string of the molecule is Cc1cc(C(=O)N2CC(=O)Nc3ccccc3C2)sc1C. The molecular formula is C16H16N2O2S. The van der Waals surface area contributed by atoms with Gasteiger partial charge in [0.1, 0.15) is 6.54 Å². The zero-order valence-electron chi connectivity index (χ0n) is 12.0. The fourth-order valence-corrected chi connectivity index (χ4v) is 3.38. The number of aryl methyl sites for hydroxylation is 2. The Balaban J connectivity index is 1.91. The highest BCUT2D eigenvalue weighted by Gasteiger charge is 2.25. The highest BCUT2D eigenvalue weighted by Crippen LogP contribution is 2.25. The number of amides is 2. The number of nitrogens with zero attached hydrogens (tertiary/aromatic N) is 1. The van der Waals surface area contributed by atoms with E-state index in [4.69, 9.17) is 0 Å². The van der Waals surface area contributed by atoms with Crippen LogP contribution >= 0.6 is 11.3 Å². The Morgan fingerprint density at radius 3 is 2.71 bits per heavy atom. The van der Waals surface area contributed by atoms with E-state index in [9.17, 15) is 9.59 Å². The first-order chi connectivity index (χ1) is 10.0. The smallest absolute Gasteiger partial charge is 0.264 e. The summed E-state index contributed by atoms with van der Waals surface area (Å²) in [5.41, 5.74) is 2.86. The van der Waals surface area contributed by atoms with E-state index >= 15 is 0 Å². The van der Waals surface area contributed by atoms with Gasteiger partial charge in [-0.1, -0.05) is 18.2 Å². The summed E-state index contributed by atoms with van der Waals surface area (Å²) in [7, 11) is 0. The summed E-state index contributed by atoms with van der Waals surface area (Å²) < 4.78 is 0. The maximum Gasteiger partial charge on any atom is 0.264 e. The van der Waals surface area contributed by atoms with Crippen LogP contribution in [-0.2, 0) is 11.3 Å². The van der Waals surface area contributed by atoms with E-state index in [0.29, 0.717) is 11.4 Å². The first-order valence-corrected chi connectivity index (χ1v) is 7.60. The number of fused-ring (bicyclic) bond motifs is 1. The number of anilines is 1. The lowest BCUT2D eigenvalue weighted by molar-refractivity contribution is -0.116. The lowest BCUT2D eigenvalue weighted by atomic mass is 10.1. The first kappa shape index (κ1) is 13.8. The van der Waals surface area contributed by atoms with Crippen LogP contribution in [0.2, 0.25) is 0 Å². The van der Waals surface area contributed by atoms with E-state index in [-0.39, 0.29) is 18.4 Å². The topological polar surface area (TPSA) is 49.4 Å². The quantitative estimate of drug-likeness (QED) is 0.880. The third-order valence-electron chi connectivity index (χ3n) is 3.65. The van der Waals surface area contributed by atoms with Crippen LogP contribution in [0.4, 0.5) is 5.69 Å². The second-order valence-electron chi connectivity index (χ2n) is 5.22. The highest BCUT2D eigenvalue weighted by molar-refractivity contribution is 7.14. The normalized spacial score (nSPS) is 14.4. The van der Waals surface area contributed by atoms with Gasteiger partial charge in [0.15, 0.2) is 0 Å². The number of carbonyl (C=O) groups excluding carboxylic acids is 2. The molecule has 5 heteroatoms. The van der Waals surface area contributed by atoms with Crippen molar-refractivity contribution in [1.29, 1.82) is 0 Å². The molecule has 21 heavy (non-hydrogen) atoms. The number of nitrogens with one attached hydrogen (secondary N) is 1. The molecule has 0 saturated carbocycles. The van der Waals surface area contributed by atoms with Gasteiger partial charge in [-0.25, -0.2) is 0 Å². The number of para-hydroxylation sites is 1. The molecular weight excluding hydrogens is 284 g/mol. The zero-order valence-corrected chi connectivity index (χ0v) is 12.8. The van der Waals surface area contributed by atoms with Crippen molar-refractivity contribution in [2.24, 2.45) is 0 Å². The number of hydrogen-bond donors (Lipinski definition) is 1. The number of carbonyl (C=O) groups is 2. The molecule has 2 amide bonds. The van der Waals surface area contributed by atoms with Crippen molar-refractivity contribution in [2.45, 2.75) is 20.4 Å². The van der Waals surface area contributed by atoms with Gasteiger partial charge in [0.05, 0.1) is 4.88 Å². The third kappa shape index (κ3) is 2.69. The molecule has 3 rings (SSSR count). The van der Waals surface area contributed by atoms with Gasteiger partial charge in [-0.05, 0) is 37.1 Å². The fraction of sp³-hybridized carbons (Fsp3) is 0.250. The van der Waals surface area contributed by atoms with Crippen molar-refractivity contribution in [1.82, 2.24) is 4.90 Å². The molecule has 108 valence electrons. The van der Waals surface area contributed by atoms with Crippen LogP contribution in [0.5, 0.6) is 0 Å². The molecule has 2 heterocycles. The van der Waals surface area contributed by atoms with Crippen LogP contribution in [0.15, 0.2) is 30.3 Å². The first-order valence-electron chi connectivity index (χ1n) is 6.78. The molecule has 2 aromatic rings. The Kier molecular flexibility index (Phi) is 3.51. The lowest BCUT2D eigenvalue weighted by Gasteiger charge is -2.18. The average Bonchev–Trinajstić information content (AvgIpc) is 2.69. The number of thiophene rings is 1. The summed E-state index contributed by atoms with van der Waals surface area (Å²) in [5.74, 6) is -0.235. The Hall–Kier alpha value is -2.14. The standard InChI is InChI=1S/C16H16N2O2S/c1-10-7-14(21-11(10)2)16(20)18-8-12-5-3-4-6-13(12)17-15(19)9-18/h3-7H,8-9H2,1-2H3,(H,17,19). The minimum Gasteiger partial charge on any atom is -0.324 e. The van der Waals surface area contributed by atoms with E-state index in [1.54, 1.807) is 4.90 Å². The van der Waals surface area contributed by atoms with Gasteiger partial charge >= 0.3 is 0 Å². The molecule has 0 fully saturated rings. The van der Waals surface area contributed by atoms with Crippen LogP contribution in [0.1, 0.15) is 25.7 Å². The number of hydrogen-bond acceptors (Lipinski definition) is 3. The van der Waals surface area contributed by atoms with Gasteiger partial charge in [-0.2, -0.15) is 0 Å². The van der Waals surface area contributed by atoms with E-state index in [1.807, 2.05) is 44.2 Å². The van der Waals surface area contributed by atoms with E-state index < -0.39 is 0 Å². The van der Waals surface area contributed by atoms with Crippen molar-refractivity contribution in [3.05, 3.63) is 51.2 Å². The van der Waals surface area contributed by atoms with Crippen molar-refractivity contribution in [3.63, 3.8) is 0 Å². The van der Waals surface area contributed by atoms with Crippen molar-refractivity contribution < 1.29 is 9.59 Å². The van der Waals surface area contributed by atoms with E-state index in [2.05, 4.69) is 5.32 Å². The Labute approximate surface area is 127 Å². The van der Waals surface area contributed by atoms with Crippen LogP contribution < -0.4 is 5.32 Å². The van der Waals surface area contributed by atoms with Gasteiger partial charge in [0, 0.05) is 17.1 Å². The molecule has 1 aromatic carbocycles. The summed E-state index contributed by atoms with van der Waals surface area (Å²) in [5, 5.41) is 2.85. The molecule has 1 aliphatic heterocycles. The van der Waals surface area contributed by atoms with E-state index in [1.165, 1.54) is 11.3 Å². The minimum absolute atomic E-state index is 0.0805. The molecule has 1 aromatic heterocycles. The predicted molar refractivity (Wildman–Crippen MR) is 83.6 cm³/mol. The molecule has 0 saturated heterocycles. The summed E-state index contributed by atoms with van der Waals surface area (Å²) in [6, 6.07) is 9.49. The summed E-state index contributed by atoms with van der Waals surface area (Å²) in [6.45, 7) is 4.53. The predicted octanol–water partition coefficient (Wildman–Crippen LogP) is 2.96. The second-order valence-corrected chi connectivity index (χ2v) is 6.47. The average molecular weight is 300 g/mol. The molecule has 0 spiro atoms. The number of benzene rings is 1. The summed E-state index contributed by atoms with van der Waals surface area (Å²) in [6.07, 6.45) is 0. The molecule has 0 radical (unpaired) electrons. The largest absolute Gasteiger partial charge is 0.324 e. The van der Waals surface area contributed by atoms with Crippen molar-refractivity contribution >= 4 is 28.8 Å². The van der Waals surface area contributed by atoms with E-state index in [0.717, 1.165) is 21.7 Å². The molecule has 1 N–H and O–H groups in total. The molecule has 0 aliphatic carbocycles. The summed E-state index contributed by atoms with van der Waals surface area (Å²) >= 11 is 1.48. The van der Waals surface area contributed by atoms with Gasteiger partial charge in [0.25, 0.3) is 5.91 Å². The second kappa shape index (κ2) is 5.33. The molecule has 0 atom stereocenters. The minimum atomic E-state index is -0.154. The van der Waals surface area contributed by atoms with Crippen molar-refractivity contribution in [2.75, 3.05) is 11.9 Å². The Morgan fingerprint density at radius 1 is 1.24 bits per heavy atom. The van der Waals surface area contributed by atoms with Crippen molar-refractivity contribution in [3.8, 4) is 0 Å². The van der Waals surface area contributed by atoms with Crippen LogP contribution in [0.3, 0.4) is 0 Å². The molecule has 0 unspecified atom stereocenters. The molecule has 4 nitrogen and oxygen atoms in total. The maximum absolute atomic E-state index is 12.6. The zero-order chi connectivity index (χ0) is 15.0. The maximum atomic E-state index is 12.6. The van der Waals surface area contributed by atoms with Gasteiger partial charge in [0.2, 0.25) is 5.91 Å². The third-order valence-corrected chi connectivity index (χ3v) is 4.79. The fourth-order valence-electron chi connectivity index (χ4n) is 2.38. The molecule has 0 bridgehead atoms. The number of rotatable bonds is 1. The monoisotopic (exact) mass is 300 g/mol. The Morgan fingerprint density at radius 2 is 2.00 bits per heavy atom. The Bertz CT molecular complexity index is 701. The van der Waals surface area contributed by atoms with Gasteiger partial charge < -0.3 is 10.2 Å². The lowest BCUT2D eigenvalue weighted by Crippen LogP contribution is -2.34. The van der Waals surface area contributed by atoms with Gasteiger partial charge in [-0.3, -0.25) is 9.59 Å². The van der Waals surface area contributed by atoms with Gasteiger partial charge in [-0.15, -0.1) is 11.3 Å². The highest BCUT2D eigenvalue weighted by atomic mass is 32.1. The summed E-state index contributed by atoms with van der Waals surface area (Å²) in [4.78, 5) is 28.0. The van der Waals surface area contributed by atoms with Crippen LogP contribution in [0, 0.1) is 13.8 Å². The van der Waals surface area contributed by atoms with Crippen LogP contribution in [0.25, 0.3) is 0 Å². The van der Waals surface area contributed by atoms with Crippen LogP contribution in [-0.4, -0.2) is 23.3 Å².